The van der Waals surface area contributed by atoms with Gasteiger partial charge in [-0.15, -0.1) is 0 Å². The van der Waals surface area contributed by atoms with Gasteiger partial charge in [-0.25, -0.2) is 0 Å². The van der Waals surface area contributed by atoms with Crippen LogP contribution in [0.5, 0.6) is 0 Å². The van der Waals surface area contributed by atoms with Gasteiger partial charge < -0.3 is 14.6 Å². The summed E-state index contributed by atoms with van der Waals surface area (Å²) in [6.07, 6.45) is -0.0289. The lowest BCUT2D eigenvalue weighted by atomic mass is 10.2. The zero-order chi connectivity index (χ0) is 10.6. The first-order valence-electron chi connectivity index (χ1n) is 4.56. The van der Waals surface area contributed by atoms with Crippen molar-refractivity contribution in [1.29, 1.82) is 0 Å². The Hall–Kier alpha value is -0.883. The minimum Gasteiger partial charge on any atom is -0.471 e. The number of aliphatic hydroxyl groups excluding tert-OH is 1. The number of hydrogen-bond acceptors (Lipinski definition) is 5. The zero-order valence-electron chi connectivity index (χ0n) is 8.06. The van der Waals surface area contributed by atoms with E-state index in [4.69, 9.17) is 4.74 Å². The van der Waals surface area contributed by atoms with Crippen LogP contribution in [0, 0.1) is 0 Å². The van der Waals surface area contributed by atoms with Gasteiger partial charge in [-0.1, -0.05) is 0 Å². The molecule has 0 aromatic carbocycles. The molecule has 0 unspecified atom stereocenters. The number of rotatable bonds is 3. The Balaban J connectivity index is 2.31. The molecule has 1 heterocycles. The Labute approximate surface area is 84.2 Å². The first-order chi connectivity index (χ1) is 6.59. The van der Waals surface area contributed by atoms with E-state index in [0.29, 0.717) is 13.0 Å². The summed E-state index contributed by atoms with van der Waals surface area (Å²) in [5.74, 6) is -0.413. The Morgan fingerprint density at radius 3 is 3.14 bits per heavy atom. The number of ether oxygens (including phenoxy) is 2. The number of aliphatic hydroxyl groups is 1. The van der Waals surface area contributed by atoms with Crippen LogP contribution in [0.3, 0.4) is 0 Å². The third kappa shape index (κ3) is 3.47. The molecule has 0 spiro atoms. The lowest BCUT2D eigenvalue weighted by Gasteiger charge is -2.24. The highest BCUT2D eigenvalue weighted by Gasteiger charge is 2.28. The highest BCUT2D eigenvalue weighted by atomic mass is 28.2. The second-order valence-electron chi connectivity index (χ2n) is 3.34. The zero-order valence-corrected chi connectivity index (χ0v) is 9.48. The average molecular weight is 218 g/mol. The molecule has 14 heavy (non-hydrogen) atoms. The highest BCUT2D eigenvalue weighted by Crippen LogP contribution is 2.20. The van der Waals surface area contributed by atoms with E-state index >= 15 is 0 Å². The van der Waals surface area contributed by atoms with Crippen molar-refractivity contribution in [2.75, 3.05) is 13.2 Å². The second-order valence-corrected chi connectivity index (χ2v) is 5.38. The predicted octanol–water partition coefficient (Wildman–Crippen LogP) is -0.592. The van der Waals surface area contributed by atoms with Gasteiger partial charge in [0.25, 0.3) is 5.59 Å². The van der Waals surface area contributed by atoms with Crippen molar-refractivity contribution < 1.29 is 24.2 Å². The fraction of sp³-hybridized carbons (Fsp3) is 0.750. The van der Waals surface area contributed by atoms with Crippen LogP contribution in [-0.4, -0.2) is 45.5 Å². The van der Waals surface area contributed by atoms with Gasteiger partial charge in [0.1, 0.15) is 6.61 Å². The van der Waals surface area contributed by atoms with Gasteiger partial charge >= 0.3 is 5.97 Å². The van der Waals surface area contributed by atoms with Gasteiger partial charge in [0, 0.05) is 6.92 Å². The number of esters is 1. The fourth-order valence-electron chi connectivity index (χ4n) is 1.37. The van der Waals surface area contributed by atoms with E-state index in [1.165, 1.54) is 6.92 Å². The molecule has 0 aliphatic carbocycles. The molecule has 0 bridgehead atoms. The molecule has 1 N–H and O–H groups in total. The van der Waals surface area contributed by atoms with E-state index in [0.717, 1.165) is 0 Å². The maximum atomic E-state index is 10.9. The molecule has 1 fully saturated rings. The van der Waals surface area contributed by atoms with Crippen molar-refractivity contribution in [3.05, 3.63) is 0 Å². The van der Waals surface area contributed by atoms with Gasteiger partial charge in [-0.3, -0.25) is 9.59 Å². The number of carbonyl (C=O) groups excluding carboxylic acids is 2. The van der Waals surface area contributed by atoms with E-state index in [9.17, 15) is 14.7 Å². The molecule has 0 aromatic heterocycles. The number of hydrogen-bond donors (Lipinski definition) is 1. The van der Waals surface area contributed by atoms with Crippen LogP contribution < -0.4 is 0 Å². The third-order valence-corrected chi connectivity index (χ3v) is 4.20. The second kappa shape index (κ2) is 5.11. The van der Waals surface area contributed by atoms with E-state index in [1.807, 2.05) is 0 Å². The van der Waals surface area contributed by atoms with E-state index in [1.54, 1.807) is 0 Å². The Kier molecular flexibility index (Phi) is 4.09. The van der Waals surface area contributed by atoms with Crippen molar-refractivity contribution in [3.63, 3.8) is 0 Å². The van der Waals surface area contributed by atoms with Crippen LogP contribution in [-0.2, 0) is 14.3 Å². The quantitative estimate of drug-likeness (QED) is 0.506. The molecule has 1 rings (SSSR count). The molecule has 0 saturated carbocycles. The van der Waals surface area contributed by atoms with Crippen molar-refractivity contribution in [2.24, 2.45) is 0 Å². The van der Waals surface area contributed by atoms with Crippen LogP contribution in [0.25, 0.3) is 0 Å². The molecule has 2 atom stereocenters. The lowest BCUT2D eigenvalue weighted by molar-refractivity contribution is -0.144. The lowest BCUT2D eigenvalue weighted by Crippen LogP contribution is -2.35. The van der Waals surface area contributed by atoms with Crippen LogP contribution >= 0.6 is 0 Å². The topological polar surface area (TPSA) is 72.8 Å². The summed E-state index contributed by atoms with van der Waals surface area (Å²) < 4.78 is 9.46. The Morgan fingerprint density at radius 1 is 1.86 bits per heavy atom. The molecular formula is C8H14O5Si. The van der Waals surface area contributed by atoms with Crippen LogP contribution in [0.4, 0.5) is 4.79 Å². The van der Waals surface area contributed by atoms with Gasteiger partial charge in [0.15, 0.2) is 9.52 Å². The molecule has 1 aliphatic rings. The maximum Gasteiger partial charge on any atom is 0.302 e. The molecule has 6 heteroatoms. The minimum absolute atomic E-state index is 0.0136. The van der Waals surface area contributed by atoms with E-state index < -0.39 is 21.6 Å². The van der Waals surface area contributed by atoms with Crippen molar-refractivity contribution >= 4 is 21.1 Å². The molecule has 80 valence electrons. The molecule has 0 aromatic rings. The minimum atomic E-state index is -1.05. The standard InChI is InChI=1S/C8H14O5Si/c1-5(9)13-4-6(10)7-2-3-12-8(11)14-7/h6-7,10H,2-4,14H2,1H3/t6-,7-/m0/s1. The van der Waals surface area contributed by atoms with Gasteiger partial charge in [-0.2, -0.15) is 0 Å². The smallest absolute Gasteiger partial charge is 0.302 e. The Bertz CT molecular complexity index is 230. The fourth-order valence-corrected chi connectivity index (χ4v) is 2.84. The third-order valence-electron chi connectivity index (χ3n) is 2.18. The summed E-state index contributed by atoms with van der Waals surface area (Å²) in [5, 5.41) is 9.59. The normalized spacial score (nSPS) is 25.6. The monoisotopic (exact) mass is 218 g/mol. The predicted molar refractivity (Wildman–Crippen MR) is 50.9 cm³/mol. The summed E-state index contributed by atoms with van der Waals surface area (Å²) in [6, 6.07) is 0. The van der Waals surface area contributed by atoms with Crippen molar-refractivity contribution in [1.82, 2.24) is 0 Å². The van der Waals surface area contributed by atoms with Gasteiger partial charge in [0.05, 0.1) is 12.7 Å². The van der Waals surface area contributed by atoms with Gasteiger partial charge in [0.2, 0.25) is 0 Å². The molecule has 0 radical (unpaired) electrons. The maximum absolute atomic E-state index is 10.9. The van der Waals surface area contributed by atoms with Crippen molar-refractivity contribution in [2.45, 2.75) is 25.0 Å². The first-order valence-corrected chi connectivity index (χ1v) is 6.09. The summed E-state index contributed by atoms with van der Waals surface area (Å²) in [6.45, 7) is 1.65. The summed E-state index contributed by atoms with van der Waals surface area (Å²) in [5.41, 5.74) is -0.182. The van der Waals surface area contributed by atoms with E-state index in [-0.39, 0.29) is 17.7 Å². The van der Waals surface area contributed by atoms with Crippen LogP contribution in [0.1, 0.15) is 13.3 Å². The van der Waals surface area contributed by atoms with Crippen LogP contribution in [0.2, 0.25) is 5.54 Å². The number of carbonyl (C=O) groups is 2. The largest absolute Gasteiger partial charge is 0.471 e. The molecule has 1 aliphatic heterocycles. The molecular weight excluding hydrogens is 204 g/mol. The highest BCUT2D eigenvalue weighted by molar-refractivity contribution is 6.73. The summed E-state index contributed by atoms with van der Waals surface area (Å²) >= 11 is 0. The molecule has 5 nitrogen and oxygen atoms in total. The first kappa shape index (κ1) is 11.2. The SMILES string of the molecule is CC(=O)OC[C@H](O)[C@@H]1CCOC(=O)[SiH2]1. The van der Waals surface area contributed by atoms with Gasteiger partial charge in [-0.05, 0) is 12.0 Å². The number of cyclic esters (lactones) is 1. The van der Waals surface area contributed by atoms with Crippen LogP contribution in [0.15, 0.2) is 0 Å². The summed E-state index contributed by atoms with van der Waals surface area (Å²) in [7, 11) is -1.05. The summed E-state index contributed by atoms with van der Waals surface area (Å²) in [4.78, 5) is 21.4. The average Bonchev–Trinajstić information content (AvgIpc) is 2.14. The van der Waals surface area contributed by atoms with E-state index in [2.05, 4.69) is 4.74 Å². The molecule has 1 saturated heterocycles. The Morgan fingerprint density at radius 2 is 2.57 bits per heavy atom. The van der Waals surface area contributed by atoms with Crippen molar-refractivity contribution in [3.8, 4) is 0 Å². The molecule has 0 amide bonds.